The fourth-order valence-electron chi connectivity index (χ4n) is 3.13. The summed E-state index contributed by atoms with van der Waals surface area (Å²) in [5.41, 5.74) is 1.01. The molecule has 3 rings (SSSR count). The minimum Gasteiger partial charge on any atom is -0.390 e. The van der Waals surface area contributed by atoms with Gasteiger partial charge in [-0.3, -0.25) is 4.68 Å². The van der Waals surface area contributed by atoms with Crippen molar-refractivity contribution in [1.82, 2.24) is 14.8 Å². The van der Waals surface area contributed by atoms with Crippen molar-refractivity contribution in [3.63, 3.8) is 0 Å². The number of alkyl halides is 3. The topological polar surface area (TPSA) is 63.0 Å². The zero-order valence-electron chi connectivity index (χ0n) is 14.2. The minimum absolute atomic E-state index is 0.143. The second kappa shape index (κ2) is 7.08. The monoisotopic (exact) mass is 388 g/mol. The highest BCUT2D eigenvalue weighted by Crippen LogP contribution is 2.33. The number of hydrogen-bond acceptors (Lipinski definition) is 4. The summed E-state index contributed by atoms with van der Waals surface area (Å²) >= 11 is 5.99. The number of rotatable bonds is 4. The Morgan fingerprint density at radius 1 is 1.38 bits per heavy atom. The largest absolute Gasteiger partial charge is 0.408 e. The summed E-state index contributed by atoms with van der Waals surface area (Å²) in [5, 5.41) is 17.7. The normalized spacial score (nSPS) is 23.8. The minimum atomic E-state index is -4.33. The zero-order chi connectivity index (χ0) is 18.9. The van der Waals surface area contributed by atoms with Crippen LogP contribution in [-0.4, -0.2) is 37.7 Å². The van der Waals surface area contributed by atoms with Gasteiger partial charge in [0.2, 0.25) is 0 Å². The molecule has 0 bridgehead atoms. The average molecular weight is 389 g/mol. The van der Waals surface area contributed by atoms with Crippen LogP contribution in [0.5, 0.6) is 0 Å². The highest BCUT2D eigenvalue weighted by Gasteiger charge is 2.30. The van der Waals surface area contributed by atoms with E-state index in [-0.39, 0.29) is 11.2 Å². The summed E-state index contributed by atoms with van der Waals surface area (Å²) < 4.78 is 38.5. The highest BCUT2D eigenvalue weighted by atomic mass is 35.5. The lowest BCUT2D eigenvalue weighted by Crippen LogP contribution is -2.35. The van der Waals surface area contributed by atoms with Crippen molar-refractivity contribution in [3.8, 4) is 11.3 Å². The molecule has 2 aromatic rings. The van der Waals surface area contributed by atoms with E-state index >= 15 is 0 Å². The van der Waals surface area contributed by atoms with Gasteiger partial charge in [-0.25, -0.2) is 4.98 Å². The molecule has 0 aromatic carbocycles. The van der Waals surface area contributed by atoms with E-state index in [9.17, 15) is 18.3 Å². The quantitative estimate of drug-likeness (QED) is 0.768. The molecule has 0 saturated heterocycles. The van der Waals surface area contributed by atoms with Gasteiger partial charge in [-0.2, -0.15) is 18.3 Å². The van der Waals surface area contributed by atoms with Crippen LogP contribution in [0.2, 0.25) is 5.15 Å². The van der Waals surface area contributed by atoms with Crippen LogP contribution in [0.15, 0.2) is 24.5 Å². The third kappa shape index (κ3) is 4.88. The first-order valence-corrected chi connectivity index (χ1v) is 8.74. The number of nitrogens with one attached hydrogen (secondary N) is 1. The van der Waals surface area contributed by atoms with Gasteiger partial charge in [0.05, 0.1) is 11.3 Å². The summed E-state index contributed by atoms with van der Waals surface area (Å²) in [7, 11) is 0. The molecule has 0 amide bonds. The average Bonchev–Trinajstić information content (AvgIpc) is 2.96. The Morgan fingerprint density at radius 2 is 2.08 bits per heavy atom. The molecule has 2 heterocycles. The molecule has 0 aliphatic heterocycles. The highest BCUT2D eigenvalue weighted by molar-refractivity contribution is 6.29. The summed E-state index contributed by atoms with van der Waals surface area (Å²) in [5.74, 6) is 0. The van der Waals surface area contributed by atoms with Gasteiger partial charge in [0.1, 0.15) is 11.7 Å². The predicted molar refractivity (Wildman–Crippen MR) is 93.0 cm³/mol. The first-order chi connectivity index (χ1) is 12.1. The molecule has 9 heteroatoms. The van der Waals surface area contributed by atoms with Crippen molar-refractivity contribution in [2.45, 2.75) is 57.0 Å². The van der Waals surface area contributed by atoms with E-state index in [1.54, 1.807) is 6.07 Å². The number of pyridine rings is 1. The SMILES string of the molecule is CC1(O)CCC(Nc2cc(Cl)ncc2-c2ccn(CC(F)(F)F)n2)CC1. The Labute approximate surface area is 154 Å². The van der Waals surface area contributed by atoms with Gasteiger partial charge in [0, 0.05) is 29.7 Å². The molecule has 26 heavy (non-hydrogen) atoms. The molecule has 0 unspecified atom stereocenters. The summed E-state index contributed by atoms with van der Waals surface area (Å²) in [4.78, 5) is 4.03. The molecule has 2 aromatic heterocycles. The molecule has 0 spiro atoms. The van der Waals surface area contributed by atoms with E-state index in [1.165, 1.54) is 18.5 Å². The molecular formula is C17H20ClF3N4O. The van der Waals surface area contributed by atoms with Gasteiger partial charge >= 0.3 is 6.18 Å². The molecule has 2 N–H and O–H groups in total. The van der Waals surface area contributed by atoms with Crippen molar-refractivity contribution in [1.29, 1.82) is 0 Å². The van der Waals surface area contributed by atoms with E-state index in [4.69, 9.17) is 11.6 Å². The van der Waals surface area contributed by atoms with E-state index in [0.29, 0.717) is 29.8 Å². The third-order valence-corrected chi connectivity index (χ3v) is 4.76. The first-order valence-electron chi connectivity index (χ1n) is 8.36. The van der Waals surface area contributed by atoms with E-state index in [1.807, 2.05) is 6.92 Å². The second-order valence-electron chi connectivity index (χ2n) is 6.98. The molecule has 1 aliphatic carbocycles. The van der Waals surface area contributed by atoms with Crippen LogP contribution in [0.4, 0.5) is 18.9 Å². The number of aliphatic hydroxyl groups is 1. The van der Waals surface area contributed by atoms with Gasteiger partial charge in [0.15, 0.2) is 0 Å². The Hall–Kier alpha value is -1.80. The van der Waals surface area contributed by atoms with Gasteiger partial charge in [0.25, 0.3) is 0 Å². The molecule has 1 fully saturated rings. The lowest BCUT2D eigenvalue weighted by Gasteiger charge is -2.34. The summed E-state index contributed by atoms with van der Waals surface area (Å²) in [6.07, 6.45) is 1.40. The molecule has 5 nitrogen and oxygen atoms in total. The van der Waals surface area contributed by atoms with Crippen LogP contribution in [0.25, 0.3) is 11.3 Å². The first kappa shape index (κ1) is 19.0. The van der Waals surface area contributed by atoms with Gasteiger partial charge in [-0.1, -0.05) is 11.6 Å². The standard InChI is InChI=1S/C17H20ClF3N4O/c1-16(26)5-2-11(3-6-16)23-14-8-15(18)22-9-12(14)13-4-7-25(24-13)10-17(19,20)21/h4,7-9,11,26H,2-3,5-6,10H2,1H3,(H,22,23). The van der Waals surface area contributed by atoms with Crippen LogP contribution in [-0.2, 0) is 6.54 Å². The fourth-order valence-corrected chi connectivity index (χ4v) is 3.29. The molecular weight excluding hydrogens is 369 g/mol. The van der Waals surface area contributed by atoms with Crippen LogP contribution >= 0.6 is 11.6 Å². The summed E-state index contributed by atoms with van der Waals surface area (Å²) in [6, 6.07) is 3.31. The second-order valence-corrected chi connectivity index (χ2v) is 7.37. The predicted octanol–water partition coefficient (Wildman–Crippen LogP) is 4.27. The number of nitrogens with zero attached hydrogens (tertiary/aromatic N) is 3. The van der Waals surface area contributed by atoms with Crippen LogP contribution in [0.3, 0.4) is 0 Å². The van der Waals surface area contributed by atoms with Crippen molar-refractivity contribution in [2.24, 2.45) is 0 Å². The number of hydrogen-bond donors (Lipinski definition) is 2. The van der Waals surface area contributed by atoms with Crippen molar-refractivity contribution in [2.75, 3.05) is 5.32 Å². The molecule has 1 aliphatic rings. The smallest absolute Gasteiger partial charge is 0.390 e. The fraction of sp³-hybridized carbons (Fsp3) is 0.529. The molecule has 1 saturated carbocycles. The van der Waals surface area contributed by atoms with E-state index in [0.717, 1.165) is 17.5 Å². The van der Waals surface area contributed by atoms with Gasteiger partial charge in [-0.05, 0) is 44.7 Å². The molecule has 0 atom stereocenters. The van der Waals surface area contributed by atoms with E-state index in [2.05, 4.69) is 15.4 Å². The Balaban J connectivity index is 1.80. The number of anilines is 1. The summed E-state index contributed by atoms with van der Waals surface area (Å²) in [6.45, 7) is 0.680. The Bertz CT molecular complexity index is 766. The van der Waals surface area contributed by atoms with Crippen molar-refractivity contribution >= 4 is 17.3 Å². The maximum absolute atomic E-state index is 12.5. The lowest BCUT2D eigenvalue weighted by atomic mass is 9.83. The van der Waals surface area contributed by atoms with Crippen molar-refractivity contribution < 1.29 is 18.3 Å². The molecule has 142 valence electrons. The number of aromatic nitrogens is 3. The van der Waals surface area contributed by atoms with Crippen LogP contribution in [0, 0.1) is 0 Å². The maximum atomic E-state index is 12.5. The Kier molecular flexibility index (Phi) is 5.16. The Morgan fingerprint density at radius 3 is 2.73 bits per heavy atom. The third-order valence-electron chi connectivity index (χ3n) is 4.55. The maximum Gasteiger partial charge on any atom is 0.408 e. The van der Waals surface area contributed by atoms with E-state index < -0.39 is 18.3 Å². The number of halogens is 4. The molecule has 0 radical (unpaired) electrons. The lowest BCUT2D eigenvalue weighted by molar-refractivity contribution is -0.142. The van der Waals surface area contributed by atoms with Crippen LogP contribution < -0.4 is 5.32 Å². The van der Waals surface area contributed by atoms with Gasteiger partial charge < -0.3 is 10.4 Å². The van der Waals surface area contributed by atoms with Gasteiger partial charge in [-0.15, -0.1) is 0 Å². The zero-order valence-corrected chi connectivity index (χ0v) is 15.0. The van der Waals surface area contributed by atoms with Crippen LogP contribution in [0.1, 0.15) is 32.6 Å². The van der Waals surface area contributed by atoms with Crippen molar-refractivity contribution in [3.05, 3.63) is 29.7 Å².